The molecule has 10 nitrogen and oxygen atoms in total. The van der Waals surface area contributed by atoms with Crippen LogP contribution < -0.4 is 32.8 Å². The average Bonchev–Trinajstić information content (AvgIpc) is 2.87. The van der Waals surface area contributed by atoms with Crippen LogP contribution in [0.4, 0.5) is 5.69 Å². The number of nitrogens with zero attached hydrogens (tertiary/aromatic N) is 1. The number of nitrogens with two attached hydrogens (primary N) is 3. The highest BCUT2D eigenvalue weighted by Crippen LogP contribution is 2.18. The minimum atomic E-state index is -1.14. The van der Waals surface area contributed by atoms with Gasteiger partial charge in [-0.25, -0.2) is 4.98 Å². The second-order valence-corrected chi connectivity index (χ2v) is 8.09. The van der Waals surface area contributed by atoms with Crippen LogP contribution in [-0.2, 0) is 14.4 Å². The number of para-hydroxylation sites is 1. The lowest BCUT2D eigenvalue weighted by Crippen LogP contribution is -2.48. The van der Waals surface area contributed by atoms with Gasteiger partial charge in [-0.15, -0.1) is 0 Å². The van der Waals surface area contributed by atoms with Gasteiger partial charge in [0.15, 0.2) is 6.20 Å². The molecule has 0 aliphatic rings. The van der Waals surface area contributed by atoms with Gasteiger partial charge >= 0.3 is 0 Å². The van der Waals surface area contributed by atoms with E-state index in [4.69, 9.17) is 17.2 Å². The van der Waals surface area contributed by atoms with E-state index in [0.717, 1.165) is 10.9 Å². The molecule has 0 saturated carbocycles. The first-order valence-electron chi connectivity index (χ1n) is 11.4. The maximum Gasteiger partial charge on any atom is 0.251 e. The number of aromatic nitrogens is 1. The lowest BCUT2D eigenvalue weighted by atomic mass is 10.0. The first kappa shape index (κ1) is 25.8. The largest absolute Gasteiger partial charge is 0.340 e. The second kappa shape index (κ2) is 12.6. The average molecular weight is 479 g/mol. The fraction of sp³-hybridized carbons (Fsp3) is 0.280. The monoisotopic (exact) mass is 478 g/mol. The second-order valence-electron chi connectivity index (χ2n) is 8.09. The highest BCUT2D eigenvalue weighted by atomic mass is 16.2. The molecule has 1 aromatic heterocycles. The van der Waals surface area contributed by atoms with Crippen molar-refractivity contribution in [1.82, 2.24) is 10.2 Å². The van der Waals surface area contributed by atoms with Crippen molar-refractivity contribution in [1.29, 1.82) is 0 Å². The fourth-order valence-corrected chi connectivity index (χ4v) is 3.68. The number of amides is 3. The lowest BCUT2D eigenvalue weighted by Gasteiger charge is -2.24. The quantitative estimate of drug-likeness (QED) is 0.258. The molecule has 3 aromatic rings. The van der Waals surface area contributed by atoms with E-state index in [1.165, 1.54) is 4.90 Å². The molecule has 0 aliphatic carbocycles. The molecule has 0 radical (unpaired) electrons. The summed E-state index contributed by atoms with van der Waals surface area (Å²) in [4.78, 5) is 43.3. The summed E-state index contributed by atoms with van der Waals surface area (Å²) in [6.45, 7) is 1.19. The Labute approximate surface area is 203 Å². The molecule has 35 heavy (non-hydrogen) atoms. The van der Waals surface area contributed by atoms with Crippen molar-refractivity contribution >= 4 is 34.3 Å². The standard InChI is InChI=1S/C25H31N7O3/c26-10-12-32(13-11-27)22(33)15-20(28)24(34)31-23(17-6-2-1-3-7-17)25(35)30-19-14-18-8-4-5-9-21(18)29-16-19/h1-9,14,16,20,23H,10-13,15,26-28H2,(H,30,35)(H,31,34)/p+1/t20-,23?/m0/s1. The van der Waals surface area contributed by atoms with Crippen molar-refractivity contribution in [2.24, 2.45) is 17.2 Å². The summed E-state index contributed by atoms with van der Waals surface area (Å²) in [5.74, 6) is -1.39. The predicted molar refractivity (Wildman–Crippen MR) is 134 cm³/mol. The number of carbonyl (C=O) groups is 3. The Balaban J connectivity index is 1.73. The molecule has 0 aliphatic heterocycles. The Morgan fingerprint density at radius 3 is 2.26 bits per heavy atom. The van der Waals surface area contributed by atoms with Gasteiger partial charge in [-0.2, -0.15) is 0 Å². The zero-order chi connectivity index (χ0) is 25.2. The molecule has 1 heterocycles. The number of nitrogens with one attached hydrogen (secondary N) is 3. The van der Waals surface area contributed by atoms with Crippen LogP contribution in [0.25, 0.3) is 10.9 Å². The number of rotatable bonds is 11. The summed E-state index contributed by atoms with van der Waals surface area (Å²) in [5.41, 5.74) is 19.2. The van der Waals surface area contributed by atoms with Gasteiger partial charge in [0.05, 0.1) is 12.5 Å². The van der Waals surface area contributed by atoms with Crippen LogP contribution in [-0.4, -0.2) is 54.8 Å². The van der Waals surface area contributed by atoms with Gasteiger partial charge in [-0.1, -0.05) is 42.5 Å². The number of pyridine rings is 1. The topological polar surface area (TPSA) is 171 Å². The van der Waals surface area contributed by atoms with E-state index in [9.17, 15) is 14.4 Å². The Morgan fingerprint density at radius 2 is 1.57 bits per heavy atom. The summed E-state index contributed by atoms with van der Waals surface area (Å²) in [5, 5.41) is 6.45. The molecule has 9 N–H and O–H groups in total. The Morgan fingerprint density at radius 1 is 0.914 bits per heavy atom. The molecular formula is C25H32N7O3+. The summed E-state index contributed by atoms with van der Waals surface area (Å²) in [6.07, 6.45) is 1.45. The highest BCUT2D eigenvalue weighted by Gasteiger charge is 2.28. The van der Waals surface area contributed by atoms with Gasteiger partial charge in [0, 0.05) is 37.6 Å². The zero-order valence-corrected chi connectivity index (χ0v) is 19.4. The fourth-order valence-electron chi connectivity index (χ4n) is 3.68. The van der Waals surface area contributed by atoms with Crippen LogP contribution in [0.15, 0.2) is 66.9 Å². The Hall–Kier alpha value is -3.86. The maximum absolute atomic E-state index is 13.2. The Kier molecular flexibility index (Phi) is 9.24. The van der Waals surface area contributed by atoms with Gasteiger partial charge < -0.3 is 32.7 Å². The highest BCUT2D eigenvalue weighted by molar-refractivity contribution is 5.99. The molecule has 3 rings (SSSR count). The van der Waals surface area contributed by atoms with Gasteiger partial charge in [-0.3, -0.25) is 14.4 Å². The van der Waals surface area contributed by atoms with Gasteiger partial charge in [0.25, 0.3) is 5.91 Å². The minimum Gasteiger partial charge on any atom is -0.340 e. The first-order chi connectivity index (χ1) is 16.9. The third kappa shape index (κ3) is 7.06. The number of hydrogen-bond acceptors (Lipinski definition) is 6. The molecule has 3 amide bonds. The third-order valence-corrected chi connectivity index (χ3v) is 5.49. The van der Waals surface area contributed by atoms with E-state index < -0.39 is 23.9 Å². The molecule has 2 atom stereocenters. The van der Waals surface area contributed by atoms with Crippen molar-refractivity contribution in [3.8, 4) is 0 Å². The molecule has 0 spiro atoms. The van der Waals surface area contributed by atoms with Gasteiger partial charge in [0.1, 0.15) is 11.7 Å². The van der Waals surface area contributed by atoms with E-state index in [1.807, 2.05) is 36.4 Å². The van der Waals surface area contributed by atoms with Crippen molar-refractivity contribution in [3.63, 3.8) is 0 Å². The minimum absolute atomic E-state index is 0.228. The smallest absolute Gasteiger partial charge is 0.251 e. The number of anilines is 1. The number of fused-ring (bicyclic) bond motifs is 1. The van der Waals surface area contributed by atoms with E-state index in [2.05, 4.69) is 15.6 Å². The summed E-state index contributed by atoms with van der Waals surface area (Å²) in [7, 11) is 0. The normalized spacial score (nSPS) is 12.5. The van der Waals surface area contributed by atoms with E-state index >= 15 is 0 Å². The SMILES string of the molecule is NCCN(CCN)C(=O)C[C@H](N)C(=O)NC(C(=O)Nc1c[nH+]c2ccccc2c1)c1ccccc1. The maximum atomic E-state index is 13.2. The van der Waals surface area contributed by atoms with Crippen LogP contribution >= 0.6 is 0 Å². The number of hydrogen-bond donors (Lipinski definition) is 5. The molecular weight excluding hydrogens is 446 g/mol. The molecule has 2 aromatic carbocycles. The number of aromatic amines is 1. The van der Waals surface area contributed by atoms with Crippen LogP contribution in [0.2, 0.25) is 0 Å². The van der Waals surface area contributed by atoms with E-state index in [0.29, 0.717) is 24.3 Å². The molecule has 0 fully saturated rings. The molecule has 184 valence electrons. The molecule has 1 unspecified atom stereocenters. The van der Waals surface area contributed by atoms with Crippen molar-refractivity contribution in [2.45, 2.75) is 18.5 Å². The molecule has 0 bridgehead atoms. The molecule has 0 saturated heterocycles. The summed E-state index contributed by atoms with van der Waals surface area (Å²) in [6, 6.07) is 16.2. The zero-order valence-electron chi connectivity index (χ0n) is 19.4. The Bertz CT molecular complexity index is 1150. The summed E-state index contributed by atoms with van der Waals surface area (Å²) < 4.78 is 0. The third-order valence-electron chi connectivity index (χ3n) is 5.49. The van der Waals surface area contributed by atoms with E-state index in [-0.39, 0.29) is 25.4 Å². The van der Waals surface area contributed by atoms with Crippen LogP contribution in [0, 0.1) is 0 Å². The first-order valence-corrected chi connectivity index (χ1v) is 11.4. The van der Waals surface area contributed by atoms with E-state index in [1.54, 1.807) is 30.5 Å². The predicted octanol–water partition coefficient (Wildman–Crippen LogP) is -0.0867. The van der Waals surface area contributed by atoms with Gasteiger partial charge in [0.2, 0.25) is 17.3 Å². The van der Waals surface area contributed by atoms with Crippen LogP contribution in [0.1, 0.15) is 18.0 Å². The number of carbonyl (C=O) groups excluding carboxylic acids is 3. The van der Waals surface area contributed by atoms with Crippen LogP contribution in [0.5, 0.6) is 0 Å². The molecule has 10 heteroatoms. The van der Waals surface area contributed by atoms with Crippen molar-refractivity contribution in [3.05, 3.63) is 72.4 Å². The summed E-state index contributed by atoms with van der Waals surface area (Å²) >= 11 is 0. The van der Waals surface area contributed by atoms with Crippen molar-refractivity contribution in [2.75, 3.05) is 31.5 Å². The number of H-pyrrole nitrogens is 1. The van der Waals surface area contributed by atoms with Crippen molar-refractivity contribution < 1.29 is 19.4 Å². The lowest BCUT2D eigenvalue weighted by molar-refractivity contribution is -0.343. The number of benzene rings is 2. The van der Waals surface area contributed by atoms with Gasteiger partial charge in [-0.05, 0) is 17.7 Å². The van der Waals surface area contributed by atoms with Crippen LogP contribution in [0.3, 0.4) is 0 Å².